The van der Waals surface area contributed by atoms with Crippen molar-refractivity contribution in [1.82, 2.24) is 25.1 Å². The number of ether oxygens (including phenoxy) is 1. The molecule has 8 nitrogen and oxygen atoms in total. The maximum Gasteiger partial charge on any atom is 0.318 e. The highest BCUT2D eigenvalue weighted by Crippen LogP contribution is 2.28. The Morgan fingerprint density at radius 3 is 2.82 bits per heavy atom. The second-order valence-electron chi connectivity index (χ2n) is 8.21. The lowest BCUT2D eigenvalue weighted by molar-refractivity contribution is 0.186. The number of nitriles is 1. The zero-order valence-corrected chi connectivity index (χ0v) is 17.0. The molecule has 0 amide bonds. The standard InChI is InChI=1S/C20H31N7O/c1-25-9-3-4-16(25)14-28-20-23-18-12-22-8-6-17(18)19(24-20)27-11-10-26(2)15(13-27)5-7-21/h15-16,22H,3-6,8-14H2,1-2H3/t15-,16-/m0/s1. The smallest absolute Gasteiger partial charge is 0.318 e. The van der Waals surface area contributed by atoms with Gasteiger partial charge in [0.15, 0.2) is 0 Å². The first-order chi connectivity index (χ1) is 13.7. The van der Waals surface area contributed by atoms with E-state index in [1.165, 1.54) is 18.4 Å². The average molecular weight is 386 g/mol. The fourth-order valence-corrected chi connectivity index (χ4v) is 4.47. The number of rotatable bonds is 5. The number of nitrogens with zero attached hydrogens (tertiary/aromatic N) is 6. The molecule has 4 rings (SSSR count). The van der Waals surface area contributed by atoms with Crippen molar-refractivity contribution in [3.63, 3.8) is 0 Å². The molecule has 3 aliphatic rings. The zero-order valence-electron chi connectivity index (χ0n) is 17.0. The van der Waals surface area contributed by atoms with Gasteiger partial charge in [0.05, 0.1) is 18.2 Å². The van der Waals surface area contributed by atoms with Gasteiger partial charge in [-0.25, -0.2) is 0 Å². The van der Waals surface area contributed by atoms with Crippen molar-refractivity contribution in [2.45, 2.75) is 44.3 Å². The quantitative estimate of drug-likeness (QED) is 0.791. The van der Waals surface area contributed by atoms with E-state index < -0.39 is 0 Å². The molecule has 2 saturated heterocycles. The predicted octanol–water partition coefficient (Wildman–Crippen LogP) is 0.629. The van der Waals surface area contributed by atoms with E-state index >= 15 is 0 Å². The molecule has 28 heavy (non-hydrogen) atoms. The Bertz CT molecular complexity index is 734. The van der Waals surface area contributed by atoms with Crippen LogP contribution in [0.1, 0.15) is 30.5 Å². The highest BCUT2D eigenvalue weighted by atomic mass is 16.5. The Labute approximate surface area is 167 Å². The lowest BCUT2D eigenvalue weighted by atomic mass is 10.0. The van der Waals surface area contributed by atoms with Crippen LogP contribution in [0.4, 0.5) is 5.82 Å². The molecule has 152 valence electrons. The van der Waals surface area contributed by atoms with Crippen molar-refractivity contribution < 1.29 is 4.74 Å². The summed E-state index contributed by atoms with van der Waals surface area (Å²) in [7, 11) is 4.26. The van der Waals surface area contributed by atoms with Crippen LogP contribution in [0.5, 0.6) is 6.01 Å². The molecular weight excluding hydrogens is 354 g/mol. The minimum absolute atomic E-state index is 0.239. The fourth-order valence-electron chi connectivity index (χ4n) is 4.47. The van der Waals surface area contributed by atoms with Gasteiger partial charge in [0.2, 0.25) is 0 Å². The summed E-state index contributed by atoms with van der Waals surface area (Å²) < 4.78 is 6.07. The summed E-state index contributed by atoms with van der Waals surface area (Å²) in [6.45, 7) is 6.17. The summed E-state index contributed by atoms with van der Waals surface area (Å²) >= 11 is 0. The first-order valence-corrected chi connectivity index (χ1v) is 10.4. The molecule has 2 atom stereocenters. The summed E-state index contributed by atoms with van der Waals surface area (Å²) in [6, 6.07) is 3.51. The predicted molar refractivity (Wildman–Crippen MR) is 107 cm³/mol. The first kappa shape index (κ1) is 19.4. The molecule has 0 spiro atoms. The van der Waals surface area contributed by atoms with E-state index in [1.807, 2.05) is 0 Å². The Morgan fingerprint density at radius 2 is 2.04 bits per heavy atom. The highest BCUT2D eigenvalue weighted by Gasteiger charge is 2.29. The van der Waals surface area contributed by atoms with Gasteiger partial charge < -0.3 is 19.9 Å². The number of hydrogen-bond acceptors (Lipinski definition) is 8. The van der Waals surface area contributed by atoms with E-state index in [2.05, 4.69) is 40.2 Å². The van der Waals surface area contributed by atoms with Gasteiger partial charge in [-0.3, -0.25) is 4.90 Å². The molecule has 1 N–H and O–H groups in total. The number of likely N-dealkylation sites (tertiary alicyclic amines) is 1. The van der Waals surface area contributed by atoms with Crippen LogP contribution >= 0.6 is 0 Å². The average Bonchev–Trinajstić information content (AvgIpc) is 3.12. The number of piperazine rings is 1. The van der Waals surface area contributed by atoms with Crippen LogP contribution in [0, 0.1) is 11.3 Å². The number of nitrogens with one attached hydrogen (secondary N) is 1. The van der Waals surface area contributed by atoms with E-state index in [1.54, 1.807) is 0 Å². The number of hydrogen-bond donors (Lipinski definition) is 1. The molecule has 1 aromatic rings. The Morgan fingerprint density at radius 1 is 1.18 bits per heavy atom. The second kappa shape index (κ2) is 8.60. The minimum Gasteiger partial charge on any atom is -0.462 e. The van der Waals surface area contributed by atoms with Crippen molar-refractivity contribution >= 4 is 5.82 Å². The van der Waals surface area contributed by atoms with Gasteiger partial charge in [0.1, 0.15) is 12.4 Å². The summed E-state index contributed by atoms with van der Waals surface area (Å²) in [4.78, 5) is 16.6. The molecule has 0 saturated carbocycles. The van der Waals surface area contributed by atoms with Gasteiger partial charge in [0, 0.05) is 43.8 Å². The molecule has 4 heterocycles. The molecule has 1 aromatic heterocycles. The van der Waals surface area contributed by atoms with Gasteiger partial charge in [-0.05, 0) is 46.4 Å². The van der Waals surface area contributed by atoms with Gasteiger partial charge in [-0.15, -0.1) is 0 Å². The summed E-state index contributed by atoms with van der Waals surface area (Å²) in [5.41, 5.74) is 2.30. The largest absolute Gasteiger partial charge is 0.462 e. The Kier molecular flexibility index (Phi) is 5.95. The van der Waals surface area contributed by atoms with E-state index in [9.17, 15) is 5.26 Å². The van der Waals surface area contributed by atoms with Crippen LogP contribution in [0.2, 0.25) is 0 Å². The monoisotopic (exact) mass is 385 g/mol. The van der Waals surface area contributed by atoms with Crippen molar-refractivity contribution in [1.29, 1.82) is 5.26 Å². The molecule has 0 radical (unpaired) electrons. The minimum atomic E-state index is 0.239. The fraction of sp³-hybridized carbons (Fsp3) is 0.750. The van der Waals surface area contributed by atoms with Crippen LogP contribution in [0.25, 0.3) is 0 Å². The van der Waals surface area contributed by atoms with E-state index in [4.69, 9.17) is 14.7 Å². The number of anilines is 1. The third-order valence-corrected chi connectivity index (χ3v) is 6.37. The van der Waals surface area contributed by atoms with Crippen LogP contribution < -0.4 is 15.0 Å². The molecule has 0 aromatic carbocycles. The topological polar surface area (TPSA) is 80.6 Å². The molecular formula is C20H31N7O. The van der Waals surface area contributed by atoms with Crippen LogP contribution in [-0.2, 0) is 13.0 Å². The molecule has 3 aliphatic heterocycles. The normalized spacial score (nSPS) is 26.1. The third-order valence-electron chi connectivity index (χ3n) is 6.37. The van der Waals surface area contributed by atoms with Crippen LogP contribution in [-0.4, -0.2) is 85.3 Å². The van der Waals surface area contributed by atoms with Crippen LogP contribution in [0.3, 0.4) is 0 Å². The molecule has 0 bridgehead atoms. The van der Waals surface area contributed by atoms with Crippen molar-refractivity contribution in [2.24, 2.45) is 0 Å². The van der Waals surface area contributed by atoms with Gasteiger partial charge >= 0.3 is 6.01 Å². The van der Waals surface area contributed by atoms with E-state index in [0.29, 0.717) is 25.1 Å². The summed E-state index contributed by atoms with van der Waals surface area (Å²) in [5.74, 6) is 1.01. The first-order valence-electron chi connectivity index (χ1n) is 10.4. The SMILES string of the molecule is CN1CCC[C@H]1COc1nc2c(c(N3CCN(C)[C@@H](CC#N)C3)n1)CCNC2. The third kappa shape index (κ3) is 4.07. The van der Waals surface area contributed by atoms with Crippen molar-refractivity contribution in [3.8, 4) is 12.1 Å². The highest BCUT2D eigenvalue weighted by molar-refractivity contribution is 5.51. The second-order valence-corrected chi connectivity index (χ2v) is 8.21. The van der Waals surface area contributed by atoms with Gasteiger partial charge in [-0.1, -0.05) is 0 Å². The van der Waals surface area contributed by atoms with Crippen molar-refractivity contribution in [2.75, 3.05) is 58.3 Å². The lowest BCUT2D eigenvalue weighted by Gasteiger charge is -2.40. The maximum atomic E-state index is 9.17. The Balaban J connectivity index is 1.56. The molecule has 8 heteroatoms. The van der Waals surface area contributed by atoms with E-state index in [0.717, 1.165) is 57.2 Å². The maximum absolute atomic E-state index is 9.17. The Hall–Kier alpha value is -1.95. The zero-order chi connectivity index (χ0) is 19.5. The van der Waals surface area contributed by atoms with Gasteiger partial charge in [0.25, 0.3) is 0 Å². The molecule has 0 unspecified atom stereocenters. The van der Waals surface area contributed by atoms with Crippen LogP contribution in [0.15, 0.2) is 0 Å². The number of fused-ring (bicyclic) bond motifs is 1. The van der Waals surface area contributed by atoms with Crippen molar-refractivity contribution in [3.05, 3.63) is 11.3 Å². The molecule has 0 aliphatic carbocycles. The molecule has 2 fully saturated rings. The van der Waals surface area contributed by atoms with Gasteiger partial charge in [-0.2, -0.15) is 15.2 Å². The summed E-state index contributed by atoms with van der Waals surface area (Å²) in [5, 5.41) is 12.6. The van der Waals surface area contributed by atoms with E-state index in [-0.39, 0.29) is 6.04 Å². The lowest BCUT2D eigenvalue weighted by Crippen LogP contribution is -2.52. The summed E-state index contributed by atoms with van der Waals surface area (Å²) in [6.07, 6.45) is 3.88. The number of aromatic nitrogens is 2. The number of likely N-dealkylation sites (N-methyl/N-ethyl adjacent to an activating group) is 2.